The standard InChI is InChI=1S/C28H23FN6/c1-35(2)16-17-9-20(13-30-12-17)19-5-8-25-23(10-19)28(34-33-25)26-11-22-24(14-31-15-27(22)32-26)18-3-6-21(29)7-4-18/h3-15,32H,16H2,1-2H3,(H,33,34). The van der Waals surface area contributed by atoms with E-state index in [2.05, 4.69) is 54.3 Å². The number of aromatic nitrogens is 5. The molecular weight excluding hydrogens is 439 g/mol. The van der Waals surface area contributed by atoms with Gasteiger partial charge < -0.3 is 9.88 Å². The molecular formula is C28H23FN6. The molecule has 0 saturated heterocycles. The number of benzene rings is 2. The van der Waals surface area contributed by atoms with E-state index in [1.165, 1.54) is 12.1 Å². The quantitative estimate of drug-likeness (QED) is 0.328. The van der Waals surface area contributed by atoms with Crippen LogP contribution in [0.25, 0.3) is 55.4 Å². The molecule has 0 saturated carbocycles. The van der Waals surface area contributed by atoms with Gasteiger partial charge in [-0.05, 0) is 67.2 Å². The first-order valence-electron chi connectivity index (χ1n) is 11.4. The molecule has 0 atom stereocenters. The van der Waals surface area contributed by atoms with Gasteiger partial charge in [-0.3, -0.25) is 15.1 Å². The summed E-state index contributed by atoms with van der Waals surface area (Å²) >= 11 is 0. The first kappa shape index (κ1) is 21.2. The van der Waals surface area contributed by atoms with Gasteiger partial charge >= 0.3 is 0 Å². The number of fused-ring (bicyclic) bond motifs is 2. The number of H-pyrrole nitrogens is 2. The van der Waals surface area contributed by atoms with Gasteiger partial charge in [0.05, 0.1) is 22.9 Å². The molecule has 0 amide bonds. The minimum atomic E-state index is -0.259. The third kappa shape index (κ3) is 3.96. The maximum atomic E-state index is 13.4. The maximum Gasteiger partial charge on any atom is 0.123 e. The molecule has 2 aromatic carbocycles. The van der Waals surface area contributed by atoms with Crippen molar-refractivity contribution in [3.8, 4) is 33.6 Å². The summed E-state index contributed by atoms with van der Waals surface area (Å²) in [4.78, 5) is 14.4. The topological polar surface area (TPSA) is 73.5 Å². The second kappa shape index (κ2) is 8.45. The summed E-state index contributed by atoms with van der Waals surface area (Å²) in [6, 6.07) is 17.0. The van der Waals surface area contributed by atoms with Crippen LogP contribution in [-0.4, -0.2) is 44.1 Å². The van der Waals surface area contributed by atoms with Crippen LogP contribution in [0.2, 0.25) is 0 Å². The largest absolute Gasteiger partial charge is 0.352 e. The van der Waals surface area contributed by atoms with Crippen molar-refractivity contribution < 1.29 is 4.39 Å². The van der Waals surface area contributed by atoms with Crippen molar-refractivity contribution in [2.24, 2.45) is 0 Å². The Bertz CT molecular complexity index is 1660. The van der Waals surface area contributed by atoms with Gasteiger partial charge in [0, 0.05) is 47.0 Å². The number of halogens is 1. The molecule has 4 heterocycles. The van der Waals surface area contributed by atoms with Crippen LogP contribution in [0.5, 0.6) is 0 Å². The second-order valence-corrected chi connectivity index (χ2v) is 8.99. The van der Waals surface area contributed by atoms with Gasteiger partial charge in [0.1, 0.15) is 11.5 Å². The van der Waals surface area contributed by atoms with Gasteiger partial charge in [0.15, 0.2) is 0 Å². The zero-order valence-corrected chi connectivity index (χ0v) is 19.4. The molecule has 7 heteroatoms. The van der Waals surface area contributed by atoms with E-state index >= 15 is 0 Å². The molecule has 0 radical (unpaired) electrons. The van der Waals surface area contributed by atoms with E-state index in [-0.39, 0.29) is 5.82 Å². The number of nitrogens with one attached hydrogen (secondary N) is 2. The summed E-state index contributed by atoms with van der Waals surface area (Å²) in [5.74, 6) is -0.259. The lowest BCUT2D eigenvalue weighted by Crippen LogP contribution is -2.10. The number of nitrogens with zero attached hydrogens (tertiary/aromatic N) is 4. The molecule has 0 bridgehead atoms. The second-order valence-electron chi connectivity index (χ2n) is 8.99. The first-order chi connectivity index (χ1) is 17.0. The van der Waals surface area contributed by atoms with E-state index in [0.29, 0.717) is 0 Å². The van der Waals surface area contributed by atoms with Gasteiger partial charge in [-0.15, -0.1) is 0 Å². The number of rotatable bonds is 5. The highest BCUT2D eigenvalue weighted by Crippen LogP contribution is 2.35. The number of pyridine rings is 2. The van der Waals surface area contributed by atoms with Crippen LogP contribution >= 0.6 is 0 Å². The molecule has 6 aromatic rings. The van der Waals surface area contributed by atoms with Crippen LogP contribution in [0.4, 0.5) is 4.39 Å². The zero-order valence-electron chi connectivity index (χ0n) is 19.4. The molecule has 0 fully saturated rings. The van der Waals surface area contributed by atoms with Gasteiger partial charge in [0.2, 0.25) is 0 Å². The lowest BCUT2D eigenvalue weighted by atomic mass is 10.0. The fraction of sp³-hybridized carbons (Fsp3) is 0.107. The van der Waals surface area contributed by atoms with Crippen molar-refractivity contribution >= 4 is 21.8 Å². The third-order valence-corrected chi connectivity index (χ3v) is 6.15. The fourth-order valence-electron chi connectivity index (χ4n) is 4.53. The molecule has 0 unspecified atom stereocenters. The normalized spacial score (nSPS) is 11.7. The van der Waals surface area contributed by atoms with E-state index in [1.54, 1.807) is 18.3 Å². The summed E-state index contributed by atoms with van der Waals surface area (Å²) < 4.78 is 13.4. The van der Waals surface area contributed by atoms with E-state index in [9.17, 15) is 4.39 Å². The van der Waals surface area contributed by atoms with Crippen LogP contribution in [-0.2, 0) is 6.54 Å². The number of aromatic amines is 2. The average molecular weight is 463 g/mol. The fourth-order valence-corrected chi connectivity index (χ4v) is 4.53. The first-order valence-corrected chi connectivity index (χ1v) is 11.4. The molecule has 0 aliphatic heterocycles. The molecule has 172 valence electrons. The van der Waals surface area contributed by atoms with Crippen molar-refractivity contribution in [1.29, 1.82) is 0 Å². The lowest BCUT2D eigenvalue weighted by molar-refractivity contribution is 0.402. The predicted octanol–water partition coefficient (Wildman–Crippen LogP) is 6.04. The van der Waals surface area contributed by atoms with E-state index in [4.69, 9.17) is 0 Å². The highest BCUT2D eigenvalue weighted by atomic mass is 19.1. The summed E-state index contributed by atoms with van der Waals surface area (Å²) in [6.07, 6.45) is 7.40. The Balaban J connectivity index is 1.44. The smallest absolute Gasteiger partial charge is 0.123 e. The van der Waals surface area contributed by atoms with Crippen LogP contribution in [0, 0.1) is 5.82 Å². The van der Waals surface area contributed by atoms with Crippen molar-refractivity contribution in [2.45, 2.75) is 6.54 Å². The third-order valence-electron chi connectivity index (χ3n) is 6.15. The van der Waals surface area contributed by atoms with Crippen molar-refractivity contribution in [3.63, 3.8) is 0 Å². The van der Waals surface area contributed by atoms with E-state index < -0.39 is 0 Å². The molecule has 0 aliphatic carbocycles. The monoisotopic (exact) mass is 462 g/mol. The van der Waals surface area contributed by atoms with E-state index in [0.717, 1.165) is 67.6 Å². The Labute approximate surface area is 201 Å². The molecule has 0 spiro atoms. The molecule has 0 aliphatic rings. The molecule has 35 heavy (non-hydrogen) atoms. The summed E-state index contributed by atoms with van der Waals surface area (Å²) in [5, 5.41) is 9.79. The summed E-state index contributed by atoms with van der Waals surface area (Å²) in [6.45, 7) is 0.833. The molecule has 2 N–H and O–H groups in total. The van der Waals surface area contributed by atoms with Gasteiger partial charge in [0.25, 0.3) is 0 Å². The Morgan fingerprint density at radius 1 is 0.771 bits per heavy atom. The minimum Gasteiger partial charge on any atom is -0.352 e. The molecule has 4 aromatic heterocycles. The lowest BCUT2D eigenvalue weighted by Gasteiger charge is -2.10. The average Bonchev–Trinajstić information content (AvgIpc) is 3.48. The van der Waals surface area contributed by atoms with Gasteiger partial charge in [-0.1, -0.05) is 18.2 Å². The predicted molar refractivity (Wildman–Crippen MR) is 137 cm³/mol. The van der Waals surface area contributed by atoms with Gasteiger partial charge in [-0.25, -0.2) is 4.39 Å². The van der Waals surface area contributed by atoms with Crippen LogP contribution in [0.15, 0.2) is 79.4 Å². The SMILES string of the molecule is CN(C)Cc1cncc(-c2ccc3[nH]nc(-c4cc5c(-c6ccc(F)cc6)cncc5[nH]4)c3c2)c1. The highest BCUT2D eigenvalue weighted by Gasteiger charge is 2.15. The maximum absolute atomic E-state index is 13.4. The van der Waals surface area contributed by atoms with Crippen LogP contribution in [0.3, 0.4) is 0 Å². The van der Waals surface area contributed by atoms with Crippen LogP contribution in [0.1, 0.15) is 5.56 Å². The molecule has 6 nitrogen and oxygen atoms in total. The van der Waals surface area contributed by atoms with Crippen molar-refractivity contribution in [2.75, 3.05) is 14.1 Å². The van der Waals surface area contributed by atoms with Crippen molar-refractivity contribution in [1.82, 2.24) is 30.0 Å². The minimum absolute atomic E-state index is 0.259. The summed E-state index contributed by atoms with van der Waals surface area (Å²) in [5.41, 5.74) is 8.74. The van der Waals surface area contributed by atoms with Gasteiger partial charge in [-0.2, -0.15) is 5.10 Å². The number of hydrogen-bond acceptors (Lipinski definition) is 4. The molecule has 6 rings (SSSR count). The Morgan fingerprint density at radius 3 is 2.40 bits per heavy atom. The van der Waals surface area contributed by atoms with Crippen molar-refractivity contribution in [3.05, 3.63) is 90.8 Å². The summed E-state index contributed by atoms with van der Waals surface area (Å²) in [7, 11) is 4.10. The van der Waals surface area contributed by atoms with E-state index in [1.807, 2.05) is 38.8 Å². The Kier molecular flexibility index (Phi) is 5.12. The Hall–Kier alpha value is -4.36. The Morgan fingerprint density at radius 2 is 1.57 bits per heavy atom. The zero-order chi connectivity index (χ0) is 23.9. The number of hydrogen-bond donors (Lipinski definition) is 2. The highest BCUT2D eigenvalue weighted by molar-refractivity contribution is 6.01. The van der Waals surface area contributed by atoms with Crippen LogP contribution < -0.4 is 0 Å².